The van der Waals surface area contributed by atoms with E-state index in [1.54, 1.807) is 7.05 Å². The first-order valence-electron chi connectivity index (χ1n) is 6.71. The van der Waals surface area contributed by atoms with E-state index >= 15 is 0 Å². The molecule has 0 amide bonds. The number of halogens is 1. The zero-order valence-electron chi connectivity index (χ0n) is 11.7. The van der Waals surface area contributed by atoms with Crippen molar-refractivity contribution in [3.8, 4) is 0 Å². The smallest absolute Gasteiger partial charge is 0.260 e. The summed E-state index contributed by atoms with van der Waals surface area (Å²) in [6.45, 7) is 5.76. The molecule has 7 nitrogen and oxygen atoms in total. The summed E-state index contributed by atoms with van der Waals surface area (Å²) in [6, 6.07) is 0. The van der Waals surface area contributed by atoms with Crippen molar-refractivity contribution >= 4 is 26.0 Å². The molecule has 0 saturated carbocycles. The van der Waals surface area contributed by atoms with Crippen LogP contribution in [0.15, 0.2) is 9.63 Å². The topological polar surface area (TPSA) is 80.1 Å². The van der Waals surface area contributed by atoms with E-state index in [1.807, 2.05) is 0 Å². The van der Waals surface area contributed by atoms with Crippen molar-refractivity contribution in [1.82, 2.24) is 24.6 Å². The van der Waals surface area contributed by atoms with Gasteiger partial charge in [0.15, 0.2) is 4.60 Å². The van der Waals surface area contributed by atoms with Crippen molar-refractivity contribution in [3.63, 3.8) is 0 Å². The minimum absolute atomic E-state index is 0.0727. The van der Waals surface area contributed by atoms with Gasteiger partial charge in [0.25, 0.3) is 10.0 Å². The number of hydrogen-bond donors (Lipinski definition) is 1. The van der Waals surface area contributed by atoms with Gasteiger partial charge in [0.2, 0.25) is 5.03 Å². The lowest BCUT2D eigenvalue weighted by Gasteiger charge is -2.30. The molecule has 0 unspecified atom stereocenters. The highest BCUT2D eigenvalue weighted by atomic mass is 79.9. The summed E-state index contributed by atoms with van der Waals surface area (Å²) < 4.78 is 28.7. The average Bonchev–Trinajstić information content (AvgIpc) is 2.77. The number of nitrogens with one attached hydrogen (secondary N) is 1. The lowest BCUT2D eigenvalue weighted by molar-refractivity contribution is 0.193. The fraction of sp³-hybridized carbons (Fsp3) is 0.818. The van der Waals surface area contributed by atoms with E-state index in [4.69, 9.17) is 0 Å². The van der Waals surface area contributed by atoms with Crippen LogP contribution in [0.3, 0.4) is 0 Å². The first kappa shape index (κ1) is 15.9. The van der Waals surface area contributed by atoms with E-state index in [1.165, 1.54) is 4.68 Å². The Hall–Kier alpha value is -0.510. The molecular formula is C11H20BrN5O2S. The third-order valence-corrected chi connectivity index (χ3v) is 6.02. The molecule has 1 aliphatic heterocycles. The molecule has 1 aliphatic rings. The van der Waals surface area contributed by atoms with E-state index < -0.39 is 10.0 Å². The quantitative estimate of drug-likeness (QED) is 0.825. The Kier molecular flexibility index (Phi) is 5.16. The van der Waals surface area contributed by atoms with Crippen LogP contribution in [0.25, 0.3) is 0 Å². The van der Waals surface area contributed by atoms with Gasteiger partial charge in [-0.15, -0.1) is 5.10 Å². The number of sulfonamides is 1. The fourth-order valence-electron chi connectivity index (χ4n) is 2.41. The minimum Gasteiger partial charge on any atom is -0.304 e. The van der Waals surface area contributed by atoms with Crippen LogP contribution in [0, 0.1) is 5.92 Å². The van der Waals surface area contributed by atoms with Crippen LogP contribution in [-0.4, -0.2) is 54.5 Å². The number of rotatable bonds is 5. The normalized spacial score (nSPS) is 18.6. The molecule has 1 aromatic rings. The second-order valence-corrected chi connectivity index (χ2v) is 7.47. The molecule has 0 bridgehead atoms. The fourth-order valence-corrected chi connectivity index (χ4v) is 4.62. The van der Waals surface area contributed by atoms with Crippen molar-refractivity contribution < 1.29 is 8.42 Å². The standard InChI is InChI=1S/C11H20BrN5O2S/c1-3-17-6-4-9(5-7-17)8-13-20(18,19)11-10(12)14-15-16(11)2/h9,13H,3-8H2,1-2H3. The Morgan fingerprint density at radius 3 is 2.55 bits per heavy atom. The van der Waals surface area contributed by atoms with Gasteiger partial charge in [-0.2, -0.15) is 0 Å². The Morgan fingerprint density at radius 2 is 2.05 bits per heavy atom. The van der Waals surface area contributed by atoms with E-state index in [9.17, 15) is 8.42 Å². The molecular weight excluding hydrogens is 346 g/mol. The molecule has 2 heterocycles. The number of piperidine rings is 1. The summed E-state index contributed by atoms with van der Waals surface area (Å²) in [5, 5.41) is 7.47. The molecule has 1 N–H and O–H groups in total. The molecule has 1 fully saturated rings. The molecule has 0 aromatic carbocycles. The monoisotopic (exact) mass is 365 g/mol. The van der Waals surface area contributed by atoms with Crippen LogP contribution in [0.5, 0.6) is 0 Å². The van der Waals surface area contributed by atoms with Crippen molar-refractivity contribution in [3.05, 3.63) is 4.60 Å². The average molecular weight is 366 g/mol. The second kappa shape index (κ2) is 6.50. The highest BCUT2D eigenvalue weighted by Gasteiger charge is 2.26. The highest BCUT2D eigenvalue weighted by molar-refractivity contribution is 9.10. The predicted molar refractivity (Wildman–Crippen MR) is 78.7 cm³/mol. The van der Waals surface area contributed by atoms with E-state index in [-0.39, 0.29) is 9.63 Å². The largest absolute Gasteiger partial charge is 0.304 e. The molecule has 0 spiro atoms. The van der Waals surface area contributed by atoms with Crippen LogP contribution in [0.2, 0.25) is 0 Å². The maximum atomic E-state index is 12.2. The molecule has 0 atom stereocenters. The van der Waals surface area contributed by atoms with Gasteiger partial charge < -0.3 is 4.90 Å². The highest BCUT2D eigenvalue weighted by Crippen LogP contribution is 2.20. The summed E-state index contributed by atoms with van der Waals surface area (Å²) in [6.07, 6.45) is 2.06. The Labute approximate surface area is 127 Å². The molecule has 20 heavy (non-hydrogen) atoms. The van der Waals surface area contributed by atoms with Gasteiger partial charge >= 0.3 is 0 Å². The lowest BCUT2D eigenvalue weighted by atomic mass is 9.97. The van der Waals surface area contributed by atoms with Gasteiger partial charge in [-0.1, -0.05) is 12.1 Å². The van der Waals surface area contributed by atoms with Crippen LogP contribution in [0.1, 0.15) is 19.8 Å². The SMILES string of the molecule is CCN1CCC(CNS(=O)(=O)c2c(Br)nnn2C)CC1. The molecule has 1 saturated heterocycles. The molecule has 1 aromatic heterocycles. The third kappa shape index (κ3) is 3.57. The first-order valence-corrected chi connectivity index (χ1v) is 8.99. The van der Waals surface area contributed by atoms with E-state index in [0.29, 0.717) is 12.5 Å². The summed E-state index contributed by atoms with van der Waals surface area (Å²) in [7, 11) is -2.01. The summed E-state index contributed by atoms with van der Waals surface area (Å²) in [5.41, 5.74) is 0. The third-order valence-electron chi connectivity index (χ3n) is 3.71. The molecule has 0 aliphatic carbocycles. The van der Waals surface area contributed by atoms with Crippen molar-refractivity contribution in [1.29, 1.82) is 0 Å². The zero-order valence-corrected chi connectivity index (χ0v) is 14.1. The van der Waals surface area contributed by atoms with E-state index in [2.05, 4.69) is 42.8 Å². The number of nitrogens with zero attached hydrogens (tertiary/aromatic N) is 4. The maximum absolute atomic E-state index is 12.2. The van der Waals surface area contributed by atoms with Crippen LogP contribution >= 0.6 is 15.9 Å². The van der Waals surface area contributed by atoms with Crippen LogP contribution < -0.4 is 4.72 Å². The second-order valence-electron chi connectivity index (χ2n) is 5.04. The Balaban J connectivity index is 1.94. The Morgan fingerprint density at radius 1 is 1.40 bits per heavy atom. The van der Waals surface area contributed by atoms with Gasteiger partial charge in [0, 0.05) is 13.6 Å². The maximum Gasteiger partial charge on any atom is 0.260 e. The lowest BCUT2D eigenvalue weighted by Crippen LogP contribution is -2.38. The summed E-state index contributed by atoms with van der Waals surface area (Å²) >= 11 is 3.12. The summed E-state index contributed by atoms with van der Waals surface area (Å²) in [4.78, 5) is 2.38. The molecule has 114 valence electrons. The minimum atomic E-state index is -3.57. The number of likely N-dealkylation sites (tertiary alicyclic amines) is 1. The van der Waals surface area contributed by atoms with Gasteiger partial charge in [-0.3, -0.25) is 0 Å². The van der Waals surface area contributed by atoms with Gasteiger partial charge in [0.05, 0.1) is 0 Å². The molecule has 0 radical (unpaired) electrons. The van der Waals surface area contributed by atoms with Crippen molar-refractivity contribution in [2.75, 3.05) is 26.2 Å². The van der Waals surface area contributed by atoms with Crippen LogP contribution in [-0.2, 0) is 17.1 Å². The van der Waals surface area contributed by atoms with Crippen LogP contribution in [0.4, 0.5) is 0 Å². The molecule has 9 heteroatoms. The van der Waals surface area contributed by atoms with Gasteiger partial charge in [-0.25, -0.2) is 17.8 Å². The number of aromatic nitrogens is 3. The first-order chi connectivity index (χ1) is 9.44. The van der Waals surface area contributed by atoms with Gasteiger partial charge in [-0.05, 0) is 54.3 Å². The zero-order chi connectivity index (χ0) is 14.8. The van der Waals surface area contributed by atoms with Crippen molar-refractivity contribution in [2.24, 2.45) is 13.0 Å². The number of aryl methyl sites for hydroxylation is 1. The number of hydrogen-bond acceptors (Lipinski definition) is 5. The summed E-state index contributed by atoms with van der Waals surface area (Å²) in [5.74, 6) is 0.396. The van der Waals surface area contributed by atoms with Gasteiger partial charge in [0.1, 0.15) is 0 Å². The van der Waals surface area contributed by atoms with Crippen molar-refractivity contribution in [2.45, 2.75) is 24.8 Å². The predicted octanol–water partition coefficient (Wildman–Crippen LogP) is 0.588. The Bertz CT molecular complexity index is 532. The molecule has 2 rings (SSSR count). The van der Waals surface area contributed by atoms with E-state index in [0.717, 1.165) is 32.5 Å².